The zero-order chi connectivity index (χ0) is 28.8. The number of para-hydroxylation sites is 1. The molecule has 5 aromatic rings. The van der Waals surface area contributed by atoms with Gasteiger partial charge in [0.25, 0.3) is 0 Å². The molecule has 218 valence electrons. The number of nitrogens with one attached hydrogen (secondary N) is 3. The van der Waals surface area contributed by atoms with Crippen LogP contribution in [-0.2, 0) is 16.6 Å². The molecule has 0 spiro atoms. The fourth-order valence-electron chi connectivity index (χ4n) is 5.70. The molecular weight excluding hydrogens is 546 g/mol. The quantitative estimate of drug-likeness (QED) is 0.162. The largest absolute Gasteiger partial charge is 0.369 e. The molecule has 9 nitrogen and oxygen atoms in total. The Hall–Kier alpha value is -4.02. The van der Waals surface area contributed by atoms with Gasteiger partial charge in [-0.25, -0.2) is 23.1 Å². The Balaban J connectivity index is 0.990. The summed E-state index contributed by atoms with van der Waals surface area (Å²) in [5.41, 5.74) is 0.912. The van der Waals surface area contributed by atoms with E-state index < -0.39 is 10.0 Å². The highest BCUT2D eigenvalue weighted by atomic mass is 32.2. The molecule has 1 aliphatic carbocycles. The van der Waals surface area contributed by atoms with Gasteiger partial charge in [-0.2, -0.15) is 4.98 Å². The molecule has 0 radical (unpaired) electrons. The molecule has 1 saturated carbocycles. The van der Waals surface area contributed by atoms with Crippen molar-refractivity contribution in [3.8, 4) is 0 Å². The molecule has 0 aliphatic heterocycles. The number of fused-ring (bicyclic) bond motifs is 2. The topological polar surface area (TPSA) is 114 Å². The molecular formula is C32H37N7O2S. The zero-order valence-electron chi connectivity index (χ0n) is 23.6. The number of nitrogens with zero attached hydrogens (tertiary/aromatic N) is 4. The van der Waals surface area contributed by atoms with E-state index in [1.165, 1.54) is 0 Å². The molecule has 6 rings (SSSR count). The van der Waals surface area contributed by atoms with Crippen molar-refractivity contribution in [2.45, 2.75) is 43.5 Å². The summed E-state index contributed by atoms with van der Waals surface area (Å²) in [6.45, 7) is 2.97. The van der Waals surface area contributed by atoms with Crippen LogP contribution in [0.25, 0.3) is 21.7 Å². The molecule has 1 aliphatic rings. The Bertz CT molecular complexity index is 1730. The fraction of sp³-hybridized carbons (Fsp3) is 0.344. The van der Waals surface area contributed by atoms with Gasteiger partial charge in [0, 0.05) is 44.0 Å². The van der Waals surface area contributed by atoms with Gasteiger partial charge in [-0.3, -0.25) is 0 Å². The third kappa shape index (κ3) is 6.88. The highest BCUT2D eigenvalue weighted by molar-refractivity contribution is 7.89. The molecule has 0 bridgehead atoms. The van der Waals surface area contributed by atoms with Crippen LogP contribution in [0.5, 0.6) is 0 Å². The first-order valence-corrected chi connectivity index (χ1v) is 16.2. The highest BCUT2D eigenvalue weighted by Crippen LogP contribution is 2.29. The number of imidazole rings is 1. The molecule has 10 heteroatoms. The average Bonchev–Trinajstić information content (AvgIpc) is 3.55. The SMILES string of the molecule is O=S(=O)(NC[C@H]1CC[C@H](CNc2nc(NCCCn3ccnc3)c3ccccc3n2)CC1)c1ccc2ccccc2c1. The summed E-state index contributed by atoms with van der Waals surface area (Å²) in [6, 6.07) is 21.2. The molecule has 0 saturated heterocycles. The van der Waals surface area contributed by atoms with Crippen LogP contribution in [0.4, 0.5) is 11.8 Å². The minimum Gasteiger partial charge on any atom is -0.369 e. The van der Waals surface area contributed by atoms with Crippen molar-refractivity contribution < 1.29 is 8.42 Å². The Morgan fingerprint density at radius 1 is 0.833 bits per heavy atom. The number of hydrogen-bond donors (Lipinski definition) is 3. The van der Waals surface area contributed by atoms with E-state index in [1.807, 2.05) is 67.1 Å². The Morgan fingerprint density at radius 2 is 1.60 bits per heavy atom. The molecule has 3 N–H and O–H groups in total. The lowest BCUT2D eigenvalue weighted by atomic mass is 9.82. The first-order valence-electron chi connectivity index (χ1n) is 14.7. The number of sulfonamides is 1. The van der Waals surface area contributed by atoms with E-state index in [-0.39, 0.29) is 0 Å². The van der Waals surface area contributed by atoms with E-state index in [2.05, 4.69) is 24.9 Å². The van der Waals surface area contributed by atoms with Crippen LogP contribution in [0, 0.1) is 11.8 Å². The van der Waals surface area contributed by atoms with Gasteiger partial charge in [0.1, 0.15) is 5.82 Å². The van der Waals surface area contributed by atoms with E-state index in [4.69, 9.17) is 9.97 Å². The molecule has 2 heterocycles. The van der Waals surface area contributed by atoms with Crippen molar-refractivity contribution in [2.24, 2.45) is 11.8 Å². The number of aromatic nitrogens is 4. The summed E-state index contributed by atoms with van der Waals surface area (Å²) in [7, 11) is -3.54. The molecule has 0 unspecified atom stereocenters. The lowest BCUT2D eigenvalue weighted by Gasteiger charge is -2.28. The summed E-state index contributed by atoms with van der Waals surface area (Å²) >= 11 is 0. The smallest absolute Gasteiger partial charge is 0.240 e. The maximum absolute atomic E-state index is 13.0. The lowest BCUT2D eigenvalue weighted by Crippen LogP contribution is -2.32. The van der Waals surface area contributed by atoms with E-state index in [9.17, 15) is 8.42 Å². The molecule has 0 amide bonds. The van der Waals surface area contributed by atoms with Crippen LogP contribution >= 0.6 is 0 Å². The van der Waals surface area contributed by atoms with Gasteiger partial charge in [0.15, 0.2) is 0 Å². The summed E-state index contributed by atoms with van der Waals surface area (Å²) in [6.07, 6.45) is 10.6. The summed E-state index contributed by atoms with van der Waals surface area (Å²) in [4.78, 5) is 14.0. The summed E-state index contributed by atoms with van der Waals surface area (Å²) < 4.78 is 30.8. The predicted octanol–water partition coefficient (Wildman–Crippen LogP) is 5.68. The number of rotatable bonds is 12. The van der Waals surface area contributed by atoms with E-state index in [0.29, 0.717) is 29.2 Å². The lowest BCUT2D eigenvalue weighted by molar-refractivity contribution is 0.284. The Kier molecular flexibility index (Phi) is 8.62. The van der Waals surface area contributed by atoms with Crippen molar-refractivity contribution >= 4 is 43.5 Å². The maximum atomic E-state index is 13.0. The third-order valence-corrected chi connectivity index (χ3v) is 9.58. The maximum Gasteiger partial charge on any atom is 0.240 e. The van der Waals surface area contributed by atoms with Gasteiger partial charge in [-0.1, -0.05) is 42.5 Å². The second-order valence-electron chi connectivity index (χ2n) is 11.1. The number of hydrogen-bond acceptors (Lipinski definition) is 7. The van der Waals surface area contributed by atoms with Gasteiger partial charge >= 0.3 is 0 Å². The van der Waals surface area contributed by atoms with Crippen molar-refractivity contribution in [1.82, 2.24) is 24.2 Å². The fourth-order valence-corrected chi connectivity index (χ4v) is 6.85. The van der Waals surface area contributed by atoms with Gasteiger partial charge in [0.05, 0.1) is 16.7 Å². The first kappa shape index (κ1) is 28.1. The second-order valence-corrected chi connectivity index (χ2v) is 12.9. The molecule has 3 aromatic carbocycles. The van der Waals surface area contributed by atoms with E-state index in [0.717, 1.165) is 79.2 Å². The van der Waals surface area contributed by atoms with Crippen LogP contribution in [-0.4, -0.2) is 47.6 Å². The zero-order valence-corrected chi connectivity index (χ0v) is 24.4. The van der Waals surface area contributed by atoms with Crippen LogP contribution in [0.2, 0.25) is 0 Å². The Morgan fingerprint density at radius 3 is 2.40 bits per heavy atom. The normalized spacial score (nSPS) is 17.4. The van der Waals surface area contributed by atoms with Gasteiger partial charge < -0.3 is 15.2 Å². The van der Waals surface area contributed by atoms with E-state index >= 15 is 0 Å². The predicted molar refractivity (Wildman–Crippen MR) is 168 cm³/mol. The molecule has 42 heavy (non-hydrogen) atoms. The van der Waals surface area contributed by atoms with Gasteiger partial charge in [0.2, 0.25) is 16.0 Å². The number of aryl methyl sites for hydroxylation is 1. The average molecular weight is 584 g/mol. The highest BCUT2D eigenvalue weighted by Gasteiger charge is 2.24. The number of anilines is 2. The van der Waals surface area contributed by atoms with Crippen molar-refractivity contribution in [1.29, 1.82) is 0 Å². The first-order chi connectivity index (χ1) is 20.5. The van der Waals surface area contributed by atoms with Crippen LogP contribution in [0.15, 0.2) is 90.3 Å². The second kappa shape index (κ2) is 12.9. The third-order valence-electron chi connectivity index (χ3n) is 8.16. The van der Waals surface area contributed by atoms with Gasteiger partial charge in [-0.15, -0.1) is 0 Å². The Labute approximate surface area is 246 Å². The monoisotopic (exact) mass is 583 g/mol. The van der Waals surface area contributed by atoms with Crippen LogP contribution < -0.4 is 15.4 Å². The minimum atomic E-state index is -3.54. The van der Waals surface area contributed by atoms with Gasteiger partial charge in [-0.05, 0) is 79.0 Å². The van der Waals surface area contributed by atoms with Crippen LogP contribution in [0.3, 0.4) is 0 Å². The van der Waals surface area contributed by atoms with Crippen LogP contribution in [0.1, 0.15) is 32.1 Å². The summed E-state index contributed by atoms with van der Waals surface area (Å²) in [5, 5.41) is 9.95. The number of benzene rings is 3. The molecule has 0 atom stereocenters. The van der Waals surface area contributed by atoms with Crippen molar-refractivity contribution in [2.75, 3.05) is 30.3 Å². The molecule has 1 fully saturated rings. The standard InChI is InChI=1S/C32H37N7O2S/c40-42(41,28-15-14-26-6-1-2-7-27(26)20-28)36-22-25-12-10-24(11-13-25)21-35-32-37-30-9-4-3-8-29(30)31(38-32)34-16-5-18-39-19-17-33-23-39/h1-4,6-9,14-15,17,19-20,23-25,36H,5,10-13,16,18,21-22H2,(H2,34,35,37,38)/t24-,25-. The van der Waals surface area contributed by atoms with Crippen molar-refractivity contribution in [3.05, 3.63) is 85.5 Å². The van der Waals surface area contributed by atoms with E-state index in [1.54, 1.807) is 18.3 Å². The van der Waals surface area contributed by atoms with Crippen molar-refractivity contribution in [3.63, 3.8) is 0 Å². The molecule has 2 aromatic heterocycles. The summed E-state index contributed by atoms with van der Waals surface area (Å²) in [5.74, 6) is 2.32. The minimum absolute atomic E-state index is 0.321.